The van der Waals surface area contributed by atoms with E-state index in [0.29, 0.717) is 41.4 Å². The van der Waals surface area contributed by atoms with Gasteiger partial charge in [-0.25, -0.2) is 4.98 Å². The molecule has 5 nitrogen and oxygen atoms in total. The molecule has 4 rings (SSSR count). The molecule has 0 radical (unpaired) electrons. The Kier molecular flexibility index (Phi) is 8.39. The molecule has 0 amide bonds. The first-order valence-electron chi connectivity index (χ1n) is 12.4. The number of hydrogen-bond donors (Lipinski definition) is 1. The van der Waals surface area contributed by atoms with Crippen LogP contribution in [-0.4, -0.2) is 41.1 Å². The maximum absolute atomic E-state index is 13.1. The molecule has 3 aromatic carbocycles. The quantitative estimate of drug-likeness (QED) is 0.160. The van der Waals surface area contributed by atoms with Crippen LogP contribution in [0.1, 0.15) is 31.4 Å². The first-order chi connectivity index (χ1) is 18.5. The maximum atomic E-state index is 13.1. The number of fused-ring (bicyclic) bond motifs is 1. The number of rotatable bonds is 10. The minimum Gasteiger partial charge on any atom is -0.493 e. The van der Waals surface area contributed by atoms with E-state index in [1.807, 2.05) is 18.2 Å². The number of alkyl halides is 6. The molecule has 0 aliphatic heterocycles. The number of nitrogens with one attached hydrogen (secondary N) is 1. The van der Waals surface area contributed by atoms with E-state index in [1.165, 1.54) is 12.1 Å². The van der Waals surface area contributed by atoms with Crippen LogP contribution in [0.4, 0.5) is 26.3 Å². The largest absolute Gasteiger partial charge is 0.493 e. The molecule has 0 bridgehead atoms. The van der Waals surface area contributed by atoms with Gasteiger partial charge in [-0.15, -0.1) is 0 Å². The molecule has 0 fully saturated rings. The fourth-order valence-corrected chi connectivity index (χ4v) is 4.04. The van der Waals surface area contributed by atoms with Gasteiger partial charge < -0.3 is 19.4 Å². The lowest BCUT2D eigenvalue weighted by Gasteiger charge is -2.17. The summed E-state index contributed by atoms with van der Waals surface area (Å²) in [5.41, 5.74) is -0.767. The summed E-state index contributed by atoms with van der Waals surface area (Å²) in [6.07, 6.45) is -9.01. The van der Waals surface area contributed by atoms with Crippen LogP contribution in [0, 0.1) is 0 Å². The van der Waals surface area contributed by atoms with Crippen molar-refractivity contribution in [1.29, 1.82) is 0 Å². The molecule has 4 aromatic rings. The van der Waals surface area contributed by atoms with Crippen LogP contribution >= 0.6 is 0 Å². The molecule has 0 saturated heterocycles. The number of nitrogens with zero attached hydrogens (tertiary/aromatic N) is 2. The average molecular weight is 552 g/mol. The fourth-order valence-electron chi connectivity index (χ4n) is 4.04. The summed E-state index contributed by atoms with van der Waals surface area (Å²) < 4.78 is 89.9. The molecule has 0 saturated carbocycles. The third-order valence-corrected chi connectivity index (χ3v) is 6.16. The van der Waals surface area contributed by atoms with Gasteiger partial charge in [0.15, 0.2) is 0 Å². The predicted octanol–water partition coefficient (Wildman–Crippen LogP) is 8.17. The van der Waals surface area contributed by atoms with E-state index in [9.17, 15) is 26.3 Å². The van der Waals surface area contributed by atoms with E-state index in [1.54, 1.807) is 12.1 Å². The highest BCUT2D eigenvalue weighted by molar-refractivity contribution is 5.80. The molecule has 11 heteroatoms. The monoisotopic (exact) mass is 551 g/mol. The topological polar surface area (TPSA) is 50.4 Å². The molecule has 208 valence electrons. The molecular formula is C28H27F6N3O2. The Labute approximate surface area is 221 Å². The second kappa shape index (κ2) is 11.6. The van der Waals surface area contributed by atoms with Crippen LogP contribution in [0.5, 0.6) is 17.2 Å². The van der Waals surface area contributed by atoms with Crippen LogP contribution in [0.25, 0.3) is 22.4 Å². The number of imidazole rings is 1. The molecule has 1 aromatic heterocycles. The van der Waals surface area contributed by atoms with Crippen LogP contribution in [-0.2, 0) is 12.4 Å². The van der Waals surface area contributed by atoms with Crippen molar-refractivity contribution >= 4 is 11.0 Å². The van der Waals surface area contributed by atoms with Crippen LogP contribution in [0.3, 0.4) is 0 Å². The van der Waals surface area contributed by atoms with Crippen LogP contribution in [0.2, 0.25) is 0 Å². The lowest BCUT2D eigenvalue weighted by Crippen LogP contribution is -2.25. The van der Waals surface area contributed by atoms with E-state index in [-0.39, 0.29) is 11.8 Å². The summed E-state index contributed by atoms with van der Waals surface area (Å²) in [6, 6.07) is 12.8. The standard InChI is InChI=1S/C28H27F6N3O2/c1-3-37(4-2)12-5-13-38-22-10-11-24-25(17-22)36-26(35-24)18-6-8-21(9-7-18)39-23-15-19(27(29,30)31)14-20(16-23)28(32,33)34/h6-11,14-17H,3-5,12-13H2,1-2H3,(H,35,36). The smallest absolute Gasteiger partial charge is 0.416 e. The molecular weight excluding hydrogens is 524 g/mol. The highest BCUT2D eigenvalue weighted by Gasteiger charge is 2.37. The highest BCUT2D eigenvalue weighted by Crippen LogP contribution is 2.39. The summed E-state index contributed by atoms with van der Waals surface area (Å²) in [5.74, 6) is 0.745. The number of aromatic amines is 1. The van der Waals surface area contributed by atoms with Crippen molar-refractivity contribution < 1.29 is 35.8 Å². The summed E-state index contributed by atoms with van der Waals surface area (Å²) in [5, 5.41) is 0. The zero-order valence-electron chi connectivity index (χ0n) is 21.3. The second-order valence-corrected chi connectivity index (χ2v) is 8.86. The minimum absolute atomic E-state index is 0.0559. The van der Waals surface area contributed by atoms with Gasteiger partial charge in [-0.1, -0.05) is 13.8 Å². The van der Waals surface area contributed by atoms with Gasteiger partial charge in [0.2, 0.25) is 0 Å². The Bertz CT molecular complexity index is 1360. The number of H-pyrrole nitrogens is 1. The Hall–Kier alpha value is -3.73. The maximum Gasteiger partial charge on any atom is 0.416 e. The van der Waals surface area contributed by atoms with Gasteiger partial charge in [-0.2, -0.15) is 26.3 Å². The third kappa shape index (κ3) is 7.23. The molecule has 1 heterocycles. The van der Waals surface area contributed by atoms with Gasteiger partial charge in [0.05, 0.1) is 28.8 Å². The van der Waals surface area contributed by atoms with Crippen molar-refractivity contribution in [2.45, 2.75) is 32.6 Å². The summed E-state index contributed by atoms with van der Waals surface area (Å²) in [4.78, 5) is 10.1. The normalized spacial score (nSPS) is 12.3. The Morgan fingerprint density at radius 2 is 1.38 bits per heavy atom. The molecule has 1 N–H and O–H groups in total. The van der Waals surface area contributed by atoms with Gasteiger partial charge in [0, 0.05) is 18.2 Å². The van der Waals surface area contributed by atoms with E-state index >= 15 is 0 Å². The lowest BCUT2D eigenvalue weighted by atomic mass is 10.1. The van der Waals surface area contributed by atoms with Gasteiger partial charge in [-0.05, 0) is 74.1 Å². The van der Waals surface area contributed by atoms with Gasteiger partial charge in [-0.3, -0.25) is 0 Å². The molecule has 0 spiro atoms. The van der Waals surface area contributed by atoms with Crippen molar-refractivity contribution in [3.63, 3.8) is 0 Å². The lowest BCUT2D eigenvalue weighted by molar-refractivity contribution is -0.143. The van der Waals surface area contributed by atoms with Gasteiger partial charge >= 0.3 is 12.4 Å². The second-order valence-electron chi connectivity index (χ2n) is 8.86. The van der Waals surface area contributed by atoms with Gasteiger partial charge in [0.1, 0.15) is 23.1 Å². The number of aromatic nitrogens is 2. The van der Waals surface area contributed by atoms with Crippen molar-refractivity contribution in [2.24, 2.45) is 0 Å². The molecule has 0 atom stereocenters. The predicted molar refractivity (Wildman–Crippen MR) is 136 cm³/mol. The summed E-state index contributed by atoms with van der Waals surface area (Å²) >= 11 is 0. The van der Waals surface area contributed by atoms with Crippen molar-refractivity contribution in [3.05, 3.63) is 71.8 Å². The SMILES string of the molecule is CCN(CC)CCCOc1ccc2nc(-c3ccc(Oc4cc(C(F)(F)F)cc(C(F)(F)F)c4)cc3)[nH]c2c1. The third-order valence-electron chi connectivity index (χ3n) is 6.16. The van der Waals surface area contributed by atoms with E-state index in [4.69, 9.17) is 9.47 Å². The molecule has 0 unspecified atom stereocenters. The Morgan fingerprint density at radius 3 is 1.97 bits per heavy atom. The fraction of sp³-hybridized carbons (Fsp3) is 0.321. The average Bonchev–Trinajstić information content (AvgIpc) is 3.31. The number of benzene rings is 3. The number of halogens is 6. The molecule has 0 aliphatic carbocycles. The van der Waals surface area contributed by atoms with Gasteiger partial charge in [0.25, 0.3) is 0 Å². The minimum atomic E-state index is -4.96. The first-order valence-corrected chi connectivity index (χ1v) is 12.4. The van der Waals surface area contributed by atoms with Crippen molar-refractivity contribution in [1.82, 2.24) is 14.9 Å². The van der Waals surface area contributed by atoms with E-state index in [0.717, 1.165) is 31.6 Å². The molecule has 0 aliphatic rings. The van der Waals surface area contributed by atoms with E-state index in [2.05, 4.69) is 28.7 Å². The number of hydrogen-bond acceptors (Lipinski definition) is 4. The first kappa shape index (κ1) is 28.3. The molecule has 39 heavy (non-hydrogen) atoms. The van der Waals surface area contributed by atoms with Crippen LogP contribution < -0.4 is 9.47 Å². The zero-order valence-corrected chi connectivity index (χ0v) is 21.3. The van der Waals surface area contributed by atoms with Crippen molar-refractivity contribution in [3.8, 4) is 28.6 Å². The van der Waals surface area contributed by atoms with Crippen molar-refractivity contribution in [2.75, 3.05) is 26.2 Å². The van der Waals surface area contributed by atoms with Crippen LogP contribution in [0.15, 0.2) is 60.7 Å². The summed E-state index contributed by atoms with van der Waals surface area (Å²) in [6.45, 7) is 7.78. The number of ether oxygens (including phenoxy) is 2. The van der Waals surface area contributed by atoms with E-state index < -0.39 is 29.2 Å². The summed E-state index contributed by atoms with van der Waals surface area (Å²) in [7, 11) is 0. The highest BCUT2D eigenvalue weighted by atomic mass is 19.4. The Morgan fingerprint density at radius 1 is 0.769 bits per heavy atom. The zero-order chi connectivity index (χ0) is 28.2. The Balaban J connectivity index is 1.46.